The van der Waals surface area contributed by atoms with Crippen LogP contribution in [0.2, 0.25) is 0 Å². The quantitative estimate of drug-likeness (QED) is 0.217. The van der Waals surface area contributed by atoms with Gasteiger partial charge in [-0.15, -0.1) is 11.3 Å². The molecular formula is C35H23N3S. The van der Waals surface area contributed by atoms with Crippen LogP contribution in [0.4, 0.5) is 0 Å². The van der Waals surface area contributed by atoms with Gasteiger partial charge in [-0.25, -0.2) is 0 Å². The Morgan fingerprint density at radius 2 is 1.38 bits per heavy atom. The van der Waals surface area contributed by atoms with Crippen LogP contribution in [-0.4, -0.2) is 14.5 Å². The number of benzene rings is 5. The topological polar surface area (TPSA) is 30.7 Å². The minimum absolute atomic E-state index is 0.193. The second-order valence-corrected chi connectivity index (χ2v) is 12.2. The van der Waals surface area contributed by atoms with E-state index >= 15 is 0 Å². The maximum atomic E-state index is 4.63. The third kappa shape index (κ3) is 2.71. The van der Waals surface area contributed by atoms with E-state index in [9.17, 15) is 0 Å². The summed E-state index contributed by atoms with van der Waals surface area (Å²) in [6, 6.07) is 33.6. The molecule has 1 aliphatic rings. The lowest BCUT2D eigenvalue weighted by Crippen LogP contribution is -2.16. The van der Waals surface area contributed by atoms with Gasteiger partial charge in [0.1, 0.15) is 0 Å². The van der Waals surface area contributed by atoms with Crippen LogP contribution < -0.4 is 0 Å². The van der Waals surface area contributed by atoms with Crippen molar-refractivity contribution >= 4 is 64.3 Å². The van der Waals surface area contributed by atoms with Crippen molar-refractivity contribution in [2.24, 2.45) is 0 Å². The second kappa shape index (κ2) is 7.31. The van der Waals surface area contributed by atoms with Crippen LogP contribution >= 0.6 is 11.3 Å². The lowest BCUT2D eigenvalue weighted by molar-refractivity contribution is 0.664. The molecule has 184 valence electrons. The van der Waals surface area contributed by atoms with Gasteiger partial charge in [0, 0.05) is 54.4 Å². The Morgan fingerprint density at radius 3 is 2.26 bits per heavy atom. The predicted molar refractivity (Wildman–Crippen MR) is 164 cm³/mol. The van der Waals surface area contributed by atoms with Crippen LogP contribution in [0.3, 0.4) is 0 Å². The first kappa shape index (κ1) is 21.4. The van der Waals surface area contributed by atoms with Gasteiger partial charge in [-0.1, -0.05) is 62.4 Å². The maximum Gasteiger partial charge on any atom is 0.0893 e. The smallest absolute Gasteiger partial charge is 0.0893 e. The number of thiophene rings is 1. The molecule has 0 fully saturated rings. The summed E-state index contributed by atoms with van der Waals surface area (Å²) in [5, 5.41) is 5.22. The van der Waals surface area contributed by atoms with Crippen molar-refractivity contribution in [2.75, 3.05) is 0 Å². The van der Waals surface area contributed by atoms with Gasteiger partial charge < -0.3 is 4.57 Å². The molecule has 0 N–H and O–H groups in total. The Kier molecular flexibility index (Phi) is 4.01. The number of hydrogen-bond donors (Lipinski definition) is 0. The number of aromatic nitrogens is 3. The van der Waals surface area contributed by atoms with E-state index in [4.69, 9.17) is 0 Å². The molecule has 39 heavy (non-hydrogen) atoms. The lowest BCUT2D eigenvalue weighted by Gasteiger charge is -2.24. The summed E-state index contributed by atoms with van der Waals surface area (Å²) in [5.41, 5.74) is 10.7. The van der Waals surface area contributed by atoms with Crippen LogP contribution in [0.25, 0.3) is 69.8 Å². The van der Waals surface area contributed by atoms with Crippen molar-refractivity contribution in [3.63, 3.8) is 0 Å². The van der Waals surface area contributed by atoms with Crippen LogP contribution in [0.5, 0.6) is 0 Å². The fraction of sp³-hybridized carbons (Fsp3) is 0.0857. The van der Waals surface area contributed by atoms with Crippen molar-refractivity contribution in [3.8, 4) is 16.8 Å². The Balaban J connectivity index is 1.43. The average molecular weight is 518 g/mol. The molecule has 0 bridgehead atoms. The monoisotopic (exact) mass is 517 g/mol. The van der Waals surface area contributed by atoms with Crippen molar-refractivity contribution < 1.29 is 0 Å². The molecule has 0 radical (unpaired) electrons. The number of nitrogens with zero attached hydrogens (tertiary/aromatic N) is 3. The Hall–Kier alpha value is -4.54. The molecule has 0 atom stereocenters. The number of fused-ring (bicyclic) bond motifs is 11. The van der Waals surface area contributed by atoms with Gasteiger partial charge in [-0.05, 0) is 64.7 Å². The second-order valence-electron chi connectivity index (χ2n) is 11.1. The Morgan fingerprint density at radius 1 is 0.641 bits per heavy atom. The zero-order valence-electron chi connectivity index (χ0n) is 21.6. The fourth-order valence-electron chi connectivity index (χ4n) is 6.92. The highest BCUT2D eigenvalue weighted by Gasteiger charge is 2.39. The summed E-state index contributed by atoms with van der Waals surface area (Å²) in [6.07, 6.45) is 3.56. The molecule has 0 unspecified atom stereocenters. The van der Waals surface area contributed by atoms with Gasteiger partial charge in [0.2, 0.25) is 0 Å². The van der Waals surface area contributed by atoms with Crippen LogP contribution in [0.1, 0.15) is 25.0 Å². The molecule has 3 nitrogen and oxygen atoms in total. The Bertz CT molecular complexity index is 2320. The molecule has 3 aromatic heterocycles. The summed E-state index contributed by atoms with van der Waals surface area (Å²) < 4.78 is 5.16. The highest BCUT2D eigenvalue weighted by atomic mass is 32.1. The summed E-state index contributed by atoms with van der Waals surface area (Å²) in [6.45, 7) is 4.72. The first-order valence-corrected chi connectivity index (χ1v) is 14.2. The van der Waals surface area contributed by atoms with Crippen LogP contribution in [-0.2, 0) is 5.41 Å². The fourth-order valence-corrected chi connectivity index (χ4v) is 8.01. The standard InChI is InChI=1S/C35H23N3S/c1-35(2)27-19-29-28(36-15-16-37-29)18-25(27)23-12-13-24-21-7-3-5-9-30(21)38(34(24)33(23)35)20-11-14-32-26(17-20)22-8-4-6-10-31(22)39-32/h3-19H,1-2H3. The molecule has 4 heteroatoms. The highest BCUT2D eigenvalue weighted by Crippen LogP contribution is 2.53. The van der Waals surface area contributed by atoms with Crippen LogP contribution in [0, 0.1) is 0 Å². The van der Waals surface area contributed by atoms with Gasteiger partial charge >= 0.3 is 0 Å². The summed E-state index contributed by atoms with van der Waals surface area (Å²) >= 11 is 1.87. The molecule has 8 aromatic rings. The van der Waals surface area contributed by atoms with Gasteiger partial charge in [0.25, 0.3) is 0 Å². The minimum atomic E-state index is -0.193. The third-order valence-electron chi connectivity index (χ3n) is 8.65. The molecule has 0 spiro atoms. The van der Waals surface area contributed by atoms with E-state index in [1.54, 1.807) is 12.4 Å². The summed E-state index contributed by atoms with van der Waals surface area (Å²) in [4.78, 5) is 9.25. The molecule has 0 amide bonds. The van der Waals surface area contributed by atoms with E-state index in [-0.39, 0.29) is 5.41 Å². The number of hydrogen-bond acceptors (Lipinski definition) is 3. The van der Waals surface area contributed by atoms with Crippen LogP contribution in [0.15, 0.2) is 103 Å². The van der Waals surface area contributed by atoms with E-state index in [1.807, 2.05) is 11.3 Å². The van der Waals surface area contributed by atoms with E-state index in [0.29, 0.717) is 0 Å². The molecule has 0 aliphatic heterocycles. The van der Waals surface area contributed by atoms with E-state index in [1.165, 1.54) is 69.9 Å². The van der Waals surface area contributed by atoms with Crippen molar-refractivity contribution in [3.05, 3.63) is 115 Å². The average Bonchev–Trinajstić information content (AvgIpc) is 3.57. The van der Waals surface area contributed by atoms with Gasteiger partial charge in [-0.2, -0.15) is 0 Å². The van der Waals surface area contributed by atoms with E-state index in [0.717, 1.165) is 11.0 Å². The SMILES string of the molecule is CC1(C)c2cc3nccnc3cc2-c2ccc3c4ccccc4n(-c4ccc5sc6ccccc6c5c4)c3c21. The molecule has 5 aromatic carbocycles. The normalized spacial score (nSPS) is 14.1. The zero-order valence-corrected chi connectivity index (χ0v) is 22.4. The molecular weight excluding hydrogens is 494 g/mol. The number of para-hydroxylation sites is 1. The lowest BCUT2D eigenvalue weighted by atomic mass is 9.81. The first-order valence-electron chi connectivity index (χ1n) is 13.3. The van der Waals surface area contributed by atoms with Crippen molar-refractivity contribution in [1.29, 1.82) is 0 Å². The van der Waals surface area contributed by atoms with Gasteiger partial charge in [-0.3, -0.25) is 9.97 Å². The molecule has 0 saturated heterocycles. The third-order valence-corrected chi connectivity index (χ3v) is 9.80. The largest absolute Gasteiger partial charge is 0.309 e. The molecule has 9 rings (SSSR count). The summed E-state index contributed by atoms with van der Waals surface area (Å²) in [5.74, 6) is 0. The van der Waals surface area contributed by atoms with Gasteiger partial charge in [0.05, 0.1) is 22.1 Å². The van der Waals surface area contributed by atoms with Gasteiger partial charge in [0.15, 0.2) is 0 Å². The van der Waals surface area contributed by atoms with Crippen molar-refractivity contribution in [1.82, 2.24) is 14.5 Å². The first-order chi connectivity index (χ1) is 19.1. The minimum Gasteiger partial charge on any atom is -0.309 e. The van der Waals surface area contributed by atoms with E-state index in [2.05, 4.69) is 119 Å². The zero-order chi connectivity index (χ0) is 25.9. The molecule has 3 heterocycles. The van der Waals surface area contributed by atoms with Crippen molar-refractivity contribution in [2.45, 2.75) is 19.3 Å². The highest BCUT2D eigenvalue weighted by molar-refractivity contribution is 7.25. The van der Waals surface area contributed by atoms with E-state index < -0.39 is 0 Å². The maximum absolute atomic E-state index is 4.63. The molecule has 1 aliphatic carbocycles. The molecule has 0 saturated carbocycles. The number of rotatable bonds is 1. The Labute approximate surface area is 229 Å². The summed E-state index contributed by atoms with van der Waals surface area (Å²) in [7, 11) is 0. The predicted octanol–water partition coefficient (Wildman–Crippen LogP) is 9.40.